The first-order valence-electron chi connectivity index (χ1n) is 7.82. The second-order valence-corrected chi connectivity index (χ2v) is 7.18. The standard InChI is InChI=1S/C17H26FNOS/c1-14(2)13-21-11-3-8-19-9-10-20-17(12-19)15-4-6-16(18)7-5-15/h4-7,14,17H,3,8-13H2,1-2H3. The Morgan fingerprint density at radius 3 is 2.81 bits per heavy atom. The number of halogens is 1. The van der Waals surface area contributed by atoms with E-state index in [0.29, 0.717) is 0 Å². The van der Waals surface area contributed by atoms with Crippen LogP contribution >= 0.6 is 11.8 Å². The van der Waals surface area contributed by atoms with Crippen LogP contribution in [0.1, 0.15) is 31.9 Å². The summed E-state index contributed by atoms with van der Waals surface area (Å²) in [4.78, 5) is 2.47. The maximum atomic E-state index is 13.0. The molecule has 1 aliphatic rings. The molecule has 1 aliphatic heterocycles. The van der Waals surface area contributed by atoms with Gasteiger partial charge in [-0.05, 0) is 48.1 Å². The molecule has 0 radical (unpaired) electrons. The fourth-order valence-electron chi connectivity index (χ4n) is 2.49. The van der Waals surface area contributed by atoms with Gasteiger partial charge in [-0.25, -0.2) is 4.39 Å². The molecule has 0 aliphatic carbocycles. The van der Waals surface area contributed by atoms with Gasteiger partial charge in [-0.2, -0.15) is 11.8 Å². The molecule has 2 rings (SSSR count). The number of rotatable bonds is 7. The van der Waals surface area contributed by atoms with Crippen LogP contribution in [0.5, 0.6) is 0 Å². The van der Waals surface area contributed by atoms with Gasteiger partial charge >= 0.3 is 0 Å². The van der Waals surface area contributed by atoms with Gasteiger partial charge in [-0.15, -0.1) is 0 Å². The van der Waals surface area contributed by atoms with E-state index in [0.717, 1.165) is 37.7 Å². The predicted octanol–water partition coefficient (Wildman–Crippen LogP) is 3.98. The van der Waals surface area contributed by atoms with Gasteiger partial charge in [0.2, 0.25) is 0 Å². The zero-order valence-electron chi connectivity index (χ0n) is 13.1. The SMILES string of the molecule is CC(C)CSCCCN1CCOC(c2ccc(F)cc2)C1. The van der Waals surface area contributed by atoms with Crippen molar-refractivity contribution in [2.75, 3.05) is 37.7 Å². The minimum atomic E-state index is -0.186. The molecule has 21 heavy (non-hydrogen) atoms. The van der Waals surface area contributed by atoms with Crippen molar-refractivity contribution in [3.63, 3.8) is 0 Å². The van der Waals surface area contributed by atoms with E-state index in [-0.39, 0.29) is 11.9 Å². The quantitative estimate of drug-likeness (QED) is 0.707. The maximum Gasteiger partial charge on any atom is 0.123 e. The van der Waals surface area contributed by atoms with Crippen LogP contribution in [0.25, 0.3) is 0 Å². The lowest BCUT2D eigenvalue weighted by Gasteiger charge is -2.33. The van der Waals surface area contributed by atoms with E-state index in [1.54, 1.807) is 0 Å². The summed E-state index contributed by atoms with van der Waals surface area (Å²) in [6.07, 6.45) is 1.32. The van der Waals surface area contributed by atoms with E-state index in [9.17, 15) is 4.39 Å². The van der Waals surface area contributed by atoms with Gasteiger partial charge in [-0.1, -0.05) is 26.0 Å². The fourth-order valence-corrected chi connectivity index (χ4v) is 3.47. The van der Waals surface area contributed by atoms with Gasteiger partial charge in [0, 0.05) is 13.1 Å². The second kappa shape index (κ2) is 8.76. The Morgan fingerprint density at radius 1 is 1.33 bits per heavy atom. The summed E-state index contributed by atoms with van der Waals surface area (Å²) in [5, 5.41) is 0. The zero-order chi connectivity index (χ0) is 15.1. The molecule has 118 valence electrons. The molecular formula is C17H26FNOS. The summed E-state index contributed by atoms with van der Waals surface area (Å²) in [6.45, 7) is 8.35. The third-order valence-electron chi connectivity index (χ3n) is 3.61. The Morgan fingerprint density at radius 2 is 2.10 bits per heavy atom. The van der Waals surface area contributed by atoms with Gasteiger partial charge in [0.15, 0.2) is 0 Å². The lowest BCUT2D eigenvalue weighted by atomic mass is 10.1. The van der Waals surface area contributed by atoms with Crippen LogP contribution < -0.4 is 0 Å². The molecule has 0 bridgehead atoms. The first-order valence-corrected chi connectivity index (χ1v) is 8.98. The summed E-state index contributed by atoms with van der Waals surface area (Å²) in [5.41, 5.74) is 1.08. The maximum absolute atomic E-state index is 13.0. The molecule has 2 nitrogen and oxygen atoms in total. The Kier molecular flexibility index (Phi) is 7.00. The highest BCUT2D eigenvalue weighted by Crippen LogP contribution is 2.22. The summed E-state index contributed by atoms with van der Waals surface area (Å²) >= 11 is 2.05. The largest absolute Gasteiger partial charge is 0.371 e. The molecular weight excluding hydrogens is 285 g/mol. The van der Waals surface area contributed by atoms with E-state index < -0.39 is 0 Å². The molecule has 0 amide bonds. The van der Waals surface area contributed by atoms with Crippen molar-refractivity contribution in [1.29, 1.82) is 0 Å². The van der Waals surface area contributed by atoms with Crippen LogP contribution in [0, 0.1) is 11.7 Å². The van der Waals surface area contributed by atoms with Crippen LogP contribution in [0.2, 0.25) is 0 Å². The highest BCUT2D eigenvalue weighted by molar-refractivity contribution is 7.99. The van der Waals surface area contributed by atoms with Gasteiger partial charge in [0.05, 0.1) is 12.7 Å². The van der Waals surface area contributed by atoms with E-state index in [1.807, 2.05) is 23.9 Å². The lowest BCUT2D eigenvalue weighted by molar-refractivity contribution is -0.0297. The predicted molar refractivity (Wildman–Crippen MR) is 88.3 cm³/mol. The van der Waals surface area contributed by atoms with Crippen LogP contribution in [-0.2, 0) is 4.74 Å². The summed E-state index contributed by atoms with van der Waals surface area (Å²) in [6, 6.07) is 6.70. The molecule has 4 heteroatoms. The lowest BCUT2D eigenvalue weighted by Crippen LogP contribution is -2.39. The minimum Gasteiger partial charge on any atom is -0.371 e. The molecule has 1 atom stereocenters. The Hall–Kier alpha value is -0.580. The molecule has 1 fully saturated rings. The third kappa shape index (κ3) is 5.97. The number of nitrogens with zero attached hydrogens (tertiary/aromatic N) is 1. The third-order valence-corrected chi connectivity index (χ3v) is 5.09. The summed E-state index contributed by atoms with van der Waals surface area (Å²) in [7, 11) is 0. The average Bonchev–Trinajstić information content (AvgIpc) is 2.48. The monoisotopic (exact) mass is 311 g/mol. The van der Waals surface area contributed by atoms with Gasteiger partial charge in [0.25, 0.3) is 0 Å². The van der Waals surface area contributed by atoms with Crippen LogP contribution in [0.4, 0.5) is 4.39 Å². The first-order chi connectivity index (χ1) is 10.1. The number of ether oxygens (including phenoxy) is 1. The normalized spacial score (nSPS) is 20.1. The number of benzene rings is 1. The van der Waals surface area contributed by atoms with Crippen molar-refractivity contribution in [3.8, 4) is 0 Å². The van der Waals surface area contributed by atoms with Crippen molar-refractivity contribution in [2.24, 2.45) is 5.92 Å². The van der Waals surface area contributed by atoms with Crippen LogP contribution in [0.15, 0.2) is 24.3 Å². The van der Waals surface area contributed by atoms with Gasteiger partial charge < -0.3 is 4.74 Å². The van der Waals surface area contributed by atoms with Crippen molar-refractivity contribution in [3.05, 3.63) is 35.6 Å². The van der Waals surface area contributed by atoms with E-state index in [4.69, 9.17) is 4.74 Å². The number of hydrogen-bond acceptors (Lipinski definition) is 3. The smallest absolute Gasteiger partial charge is 0.123 e. The van der Waals surface area contributed by atoms with E-state index in [2.05, 4.69) is 18.7 Å². The molecule has 0 spiro atoms. The zero-order valence-corrected chi connectivity index (χ0v) is 13.9. The van der Waals surface area contributed by atoms with E-state index >= 15 is 0 Å². The van der Waals surface area contributed by atoms with Crippen LogP contribution in [0.3, 0.4) is 0 Å². The molecule has 0 N–H and O–H groups in total. The Labute approximate surface area is 132 Å². The van der Waals surface area contributed by atoms with E-state index in [1.165, 1.54) is 30.1 Å². The van der Waals surface area contributed by atoms with Crippen molar-refractivity contribution in [2.45, 2.75) is 26.4 Å². The van der Waals surface area contributed by atoms with Crippen molar-refractivity contribution < 1.29 is 9.13 Å². The van der Waals surface area contributed by atoms with Crippen molar-refractivity contribution in [1.82, 2.24) is 4.90 Å². The fraction of sp³-hybridized carbons (Fsp3) is 0.647. The molecule has 1 aromatic carbocycles. The van der Waals surface area contributed by atoms with Gasteiger partial charge in [-0.3, -0.25) is 4.90 Å². The molecule has 1 unspecified atom stereocenters. The molecule has 1 aromatic rings. The number of hydrogen-bond donors (Lipinski definition) is 0. The minimum absolute atomic E-state index is 0.0858. The Bertz CT molecular complexity index is 410. The van der Waals surface area contributed by atoms with Crippen molar-refractivity contribution >= 4 is 11.8 Å². The first kappa shape index (κ1) is 16.8. The topological polar surface area (TPSA) is 12.5 Å². The highest BCUT2D eigenvalue weighted by atomic mass is 32.2. The molecule has 0 aromatic heterocycles. The van der Waals surface area contributed by atoms with Crippen LogP contribution in [-0.4, -0.2) is 42.6 Å². The highest BCUT2D eigenvalue weighted by Gasteiger charge is 2.21. The summed E-state index contributed by atoms with van der Waals surface area (Å²) in [5.74, 6) is 3.08. The second-order valence-electron chi connectivity index (χ2n) is 6.03. The summed E-state index contributed by atoms with van der Waals surface area (Å²) < 4.78 is 18.8. The average molecular weight is 311 g/mol. The number of morpholine rings is 1. The Balaban J connectivity index is 1.72. The molecule has 0 saturated carbocycles. The molecule has 1 heterocycles. The van der Waals surface area contributed by atoms with Gasteiger partial charge in [0.1, 0.15) is 5.82 Å². The number of thioether (sulfide) groups is 1. The molecule has 1 saturated heterocycles.